The van der Waals surface area contributed by atoms with Crippen LogP contribution >= 0.6 is 15.9 Å². The van der Waals surface area contributed by atoms with Gasteiger partial charge in [-0.2, -0.15) is 0 Å². The number of benzene rings is 1. The third-order valence-electron chi connectivity index (χ3n) is 6.55. The van der Waals surface area contributed by atoms with Crippen LogP contribution in [0.1, 0.15) is 44.1 Å². The SMILES string of the molecule is O=C(O)C1CC12CCN(C(=O)C1(c3ccc(Br)cc3)CCC1)CC2. The summed E-state index contributed by atoms with van der Waals surface area (Å²) in [6.45, 7) is 1.42. The average molecular weight is 392 g/mol. The number of nitrogens with zero attached hydrogens (tertiary/aromatic N) is 1. The van der Waals surface area contributed by atoms with Gasteiger partial charge in [-0.1, -0.05) is 34.5 Å². The summed E-state index contributed by atoms with van der Waals surface area (Å²) < 4.78 is 1.03. The number of likely N-dealkylation sites (tertiary alicyclic amines) is 1. The van der Waals surface area contributed by atoms with E-state index < -0.39 is 5.97 Å². The van der Waals surface area contributed by atoms with Crippen LogP contribution in [0.2, 0.25) is 0 Å². The Labute approximate surface area is 150 Å². The maximum absolute atomic E-state index is 13.2. The van der Waals surface area contributed by atoms with Gasteiger partial charge < -0.3 is 10.0 Å². The van der Waals surface area contributed by atoms with Crippen molar-refractivity contribution in [2.45, 2.75) is 43.9 Å². The first-order valence-electron chi connectivity index (χ1n) is 8.75. The first-order valence-corrected chi connectivity index (χ1v) is 9.54. The number of piperidine rings is 1. The van der Waals surface area contributed by atoms with Crippen molar-refractivity contribution in [3.05, 3.63) is 34.3 Å². The number of carboxylic acid groups (broad SMARTS) is 1. The lowest BCUT2D eigenvalue weighted by Crippen LogP contribution is -2.53. The molecule has 0 aromatic heterocycles. The van der Waals surface area contributed by atoms with Crippen molar-refractivity contribution in [1.29, 1.82) is 0 Å². The molecule has 24 heavy (non-hydrogen) atoms. The predicted molar refractivity (Wildman–Crippen MR) is 93.7 cm³/mol. The summed E-state index contributed by atoms with van der Waals surface area (Å²) in [4.78, 5) is 26.4. The molecule has 2 saturated carbocycles. The zero-order valence-electron chi connectivity index (χ0n) is 13.6. The number of carbonyl (C=O) groups excluding carboxylic acids is 1. The molecule has 4 rings (SSSR count). The fourth-order valence-corrected chi connectivity index (χ4v) is 4.90. The highest BCUT2D eigenvalue weighted by Crippen LogP contribution is 2.59. The fraction of sp³-hybridized carbons (Fsp3) is 0.579. The van der Waals surface area contributed by atoms with E-state index in [0.29, 0.717) is 13.1 Å². The highest BCUT2D eigenvalue weighted by atomic mass is 79.9. The van der Waals surface area contributed by atoms with E-state index in [2.05, 4.69) is 28.1 Å². The largest absolute Gasteiger partial charge is 0.481 e. The van der Waals surface area contributed by atoms with E-state index in [1.807, 2.05) is 17.0 Å². The summed E-state index contributed by atoms with van der Waals surface area (Å²) in [5, 5.41) is 9.21. The summed E-state index contributed by atoms with van der Waals surface area (Å²) in [5.74, 6) is -0.600. The molecule has 3 fully saturated rings. The zero-order chi connectivity index (χ0) is 16.9. The Bertz CT molecular complexity index is 672. The molecule has 1 aliphatic heterocycles. The molecule has 3 aliphatic rings. The quantitative estimate of drug-likeness (QED) is 0.856. The summed E-state index contributed by atoms with van der Waals surface area (Å²) in [5.41, 5.74) is 0.755. The van der Waals surface area contributed by atoms with Crippen LogP contribution in [0.25, 0.3) is 0 Å². The highest BCUT2D eigenvalue weighted by Gasteiger charge is 2.60. The molecule has 1 unspecified atom stereocenters. The number of amides is 1. The minimum absolute atomic E-state index is 0.0208. The van der Waals surface area contributed by atoms with Gasteiger partial charge in [0, 0.05) is 17.6 Å². The monoisotopic (exact) mass is 391 g/mol. The summed E-state index contributed by atoms with van der Waals surface area (Å²) in [6.07, 6.45) is 5.42. The number of rotatable bonds is 3. The van der Waals surface area contributed by atoms with Gasteiger partial charge >= 0.3 is 5.97 Å². The number of carboxylic acids is 1. The average Bonchev–Trinajstić information content (AvgIpc) is 3.23. The molecule has 1 aromatic carbocycles. The van der Waals surface area contributed by atoms with Crippen LogP contribution in [0.4, 0.5) is 0 Å². The Hall–Kier alpha value is -1.36. The highest BCUT2D eigenvalue weighted by molar-refractivity contribution is 9.10. The summed E-state index contributed by atoms with van der Waals surface area (Å²) in [6, 6.07) is 8.15. The molecule has 1 saturated heterocycles. The molecule has 2 aliphatic carbocycles. The molecule has 4 nitrogen and oxygen atoms in total. The maximum atomic E-state index is 13.2. The van der Waals surface area contributed by atoms with E-state index >= 15 is 0 Å². The van der Waals surface area contributed by atoms with Crippen molar-refractivity contribution in [1.82, 2.24) is 4.90 Å². The zero-order valence-corrected chi connectivity index (χ0v) is 15.2. The number of aliphatic carboxylic acids is 1. The second-order valence-corrected chi connectivity index (χ2v) is 8.61. The van der Waals surface area contributed by atoms with Crippen molar-refractivity contribution in [3.63, 3.8) is 0 Å². The Morgan fingerprint density at radius 1 is 1.08 bits per heavy atom. The topological polar surface area (TPSA) is 57.6 Å². The molecule has 0 bridgehead atoms. The van der Waals surface area contributed by atoms with Crippen LogP contribution in [0.15, 0.2) is 28.7 Å². The van der Waals surface area contributed by atoms with E-state index in [9.17, 15) is 14.7 Å². The fourth-order valence-electron chi connectivity index (χ4n) is 4.63. The molecule has 1 atom stereocenters. The molecule has 1 heterocycles. The first-order chi connectivity index (χ1) is 11.5. The standard InChI is InChI=1S/C19H22BrNO3/c20-14-4-2-13(3-5-14)19(6-1-7-19)17(24)21-10-8-18(9-11-21)12-15(18)16(22)23/h2-5,15H,1,6-12H2,(H,22,23). The molecule has 0 radical (unpaired) electrons. The van der Waals surface area contributed by atoms with Crippen LogP contribution in [0.5, 0.6) is 0 Å². The van der Waals surface area contributed by atoms with E-state index in [1.54, 1.807) is 0 Å². The number of carbonyl (C=O) groups is 2. The second kappa shape index (κ2) is 5.58. The van der Waals surface area contributed by atoms with Crippen LogP contribution < -0.4 is 0 Å². The number of hydrogen-bond donors (Lipinski definition) is 1. The van der Waals surface area contributed by atoms with Gasteiger partial charge in [0.15, 0.2) is 0 Å². The first kappa shape index (κ1) is 16.1. The Morgan fingerprint density at radius 2 is 1.71 bits per heavy atom. The molecule has 1 aromatic rings. The van der Waals surface area contributed by atoms with Crippen LogP contribution in [-0.4, -0.2) is 35.0 Å². The predicted octanol–water partition coefficient (Wildman–Crippen LogP) is 3.58. The molecule has 128 valence electrons. The Morgan fingerprint density at radius 3 is 2.17 bits per heavy atom. The molecule has 1 amide bonds. The second-order valence-electron chi connectivity index (χ2n) is 7.69. The smallest absolute Gasteiger partial charge is 0.307 e. The van der Waals surface area contributed by atoms with Gasteiger partial charge in [-0.15, -0.1) is 0 Å². The van der Waals surface area contributed by atoms with E-state index in [4.69, 9.17) is 0 Å². The minimum Gasteiger partial charge on any atom is -0.481 e. The van der Waals surface area contributed by atoms with Crippen molar-refractivity contribution < 1.29 is 14.7 Å². The van der Waals surface area contributed by atoms with Crippen LogP contribution in [-0.2, 0) is 15.0 Å². The summed E-state index contributed by atoms with van der Waals surface area (Å²) >= 11 is 3.46. The van der Waals surface area contributed by atoms with Gasteiger partial charge in [-0.3, -0.25) is 9.59 Å². The van der Waals surface area contributed by atoms with Crippen molar-refractivity contribution in [2.75, 3.05) is 13.1 Å². The molecule has 5 heteroatoms. The molecular weight excluding hydrogens is 370 g/mol. The maximum Gasteiger partial charge on any atom is 0.307 e. The lowest BCUT2D eigenvalue weighted by atomic mass is 9.63. The van der Waals surface area contributed by atoms with E-state index in [0.717, 1.165) is 48.6 Å². The number of hydrogen-bond acceptors (Lipinski definition) is 2. The van der Waals surface area contributed by atoms with Gasteiger partial charge in [0.05, 0.1) is 11.3 Å². The van der Waals surface area contributed by atoms with Gasteiger partial charge in [-0.05, 0) is 55.2 Å². The molecule has 1 spiro atoms. The van der Waals surface area contributed by atoms with Crippen LogP contribution in [0.3, 0.4) is 0 Å². The molecule has 1 N–H and O–H groups in total. The Balaban J connectivity index is 1.48. The van der Waals surface area contributed by atoms with E-state index in [-0.39, 0.29) is 22.7 Å². The van der Waals surface area contributed by atoms with E-state index in [1.165, 1.54) is 0 Å². The summed E-state index contributed by atoms with van der Waals surface area (Å²) in [7, 11) is 0. The van der Waals surface area contributed by atoms with Gasteiger partial charge in [0.2, 0.25) is 5.91 Å². The lowest BCUT2D eigenvalue weighted by Gasteiger charge is -2.46. The van der Waals surface area contributed by atoms with Gasteiger partial charge in [0.1, 0.15) is 0 Å². The van der Waals surface area contributed by atoms with Crippen molar-refractivity contribution in [2.24, 2.45) is 11.3 Å². The van der Waals surface area contributed by atoms with Crippen LogP contribution in [0, 0.1) is 11.3 Å². The molecular formula is C19H22BrNO3. The lowest BCUT2D eigenvalue weighted by molar-refractivity contribution is -0.143. The third kappa shape index (κ3) is 2.40. The third-order valence-corrected chi connectivity index (χ3v) is 7.08. The van der Waals surface area contributed by atoms with Gasteiger partial charge in [-0.25, -0.2) is 0 Å². The number of halogens is 1. The minimum atomic E-state index is -0.667. The van der Waals surface area contributed by atoms with Gasteiger partial charge in [0.25, 0.3) is 0 Å². The van der Waals surface area contributed by atoms with Crippen molar-refractivity contribution in [3.8, 4) is 0 Å². The normalized spacial score (nSPS) is 26.7. The van der Waals surface area contributed by atoms with Crippen molar-refractivity contribution >= 4 is 27.8 Å². The Kier molecular flexibility index (Phi) is 3.75.